The van der Waals surface area contributed by atoms with Gasteiger partial charge < -0.3 is 4.90 Å². The molecule has 0 atom stereocenters. The molecule has 0 N–H and O–H groups in total. The van der Waals surface area contributed by atoms with Gasteiger partial charge in [-0.1, -0.05) is 48.0 Å². The topological polar surface area (TPSA) is 20.3 Å². The first kappa shape index (κ1) is 11.3. The van der Waals surface area contributed by atoms with Crippen LogP contribution in [0.25, 0.3) is 0 Å². The third kappa shape index (κ3) is 1.89. The van der Waals surface area contributed by atoms with E-state index in [0.29, 0.717) is 23.7 Å². The third-order valence-corrected chi connectivity index (χ3v) is 3.56. The lowest BCUT2D eigenvalue weighted by molar-refractivity contribution is 0.0751. The van der Waals surface area contributed by atoms with Crippen molar-refractivity contribution in [3.05, 3.63) is 70.2 Å². The lowest BCUT2D eigenvalue weighted by atomic mass is 10.1. The van der Waals surface area contributed by atoms with Gasteiger partial charge in [0.1, 0.15) is 0 Å². The van der Waals surface area contributed by atoms with E-state index in [1.807, 2.05) is 29.2 Å². The molecular weight excluding hydrogens is 246 g/mol. The Morgan fingerprint density at radius 1 is 0.944 bits per heavy atom. The van der Waals surface area contributed by atoms with E-state index in [-0.39, 0.29) is 5.91 Å². The molecule has 1 amide bonds. The number of fused-ring (bicyclic) bond motifs is 1. The molecule has 0 aromatic heterocycles. The van der Waals surface area contributed by atoms with Gasteiger partial charge in [0.15, 0.2) is 0 Å². The van der Waals surface area contributed by atoms with Crippen molar-refractivity contribution < 1.29 is 4.79 Å². The Labute approximate surface area is 111 Å². The summed E-state index contributed by atoms with van der Waals surface area (Å²) in [5, 5.41) is 0.512. The summed E-state index contributed by atoms with van der Waals surface area (Å²) in [6.45, 7) is 1.33. The molecule has 0 unspecified atom stereocenters. The van der Waals surface area contributed by atoms with E-state index in [1.165, 1.54) is 11.1 Å². The second-order valence-corrected chi connectivity index (χ2v) is 4.82. The smallest absolute Gasteiger partial charge is 0.255 e. The van der Waals surface area contributed by atoms with Crippen LogP contribution in [0.4, 0.5) is 0 Å². The molecule has 90 valence electrons. The second-order valence-electron chi connectivity index (χ2n) is 4.41. The van der Waals surface area contributed by atoms with E-state index < -0.39 is 0 Å². The molecule has 1 aliphatic heterocycles. The number of carbonyl (C=O) groups excluding carboxylic acids is 1. The van der Waals surface area contributed by atoms with Crippen molar-refractivity contribution in [2.45, 2.75) is 13.1 Å². The van der Waals surface area contributed by atoms with E-state index in [9.17, 15) is 4.79 Å². The molecule has 2 aromatic rings. The fourth-order valence-corrected chi connectivity index (χ4v) is 2.50. The summed E-state index contributed by atoms with van der Waals surface area (Å²) in [6, 6.07) is 15.3. The van der Waals surface area contributed by atoms with E-state index >= 15 is 0 Å². The summed E-state index contributed by atoms with van der Waals surface area (Å²) in [7, 11) is 0. The molecule has 0 aliphatic carbocycles. The van der Waals surface area contributed by atoms with E-state index in [4.69, 9.17) is 11.6 Å². The standard InChI is InChI=1S/C15H12ClNO/c16-14-8-4-3-7-13(14)15(18)17-9-11-5-1-2-6-12(11)10-17/h1-8H,9-10H2. The first-order valence-corrected chi connectivity index (χ1v) is 6.24. The Kier molecular flexibility index (Phi) is 2.80. The number of hydrogen-bond acceptors (Lipinski definition) is 1. The van der Waals surface area contributed by atoms with Crippen LogP contribution in [0.3, 0.4) is 0 Å². The molecule has 0 saturated heterocycles. The Morgan fingerprint density at radius 3 is 2.11 bits per heavy atom. The fourth-order valence-electron chi connectivity index (χ4n) is 2.28. The third-order valence-electron chi connectivity index (χ3n) is 3.23. The minimum Gasteiger partial charge on any atom is -0.330 e. The summed E-state index contributed by atoms with van der Waals surface area (Å²) >= 11 is 6.06. The van der Waals surface area contributed by atoms with Gasteiger partial charge in [0.25, 0.3) is 5.91 Å². The minimum atomic E-state index is -0.00296. The summed E-state index contributed by atoms with van der Waals surface area (Å²) in [5.74, 6) is -0.00296. The van der Waals surface area contributed by atoms with Gasteiger partial charge in [-0.15, -0.1) is 0 Å². The van der Waals surface area contributed by atoms with Crippen molar-refractivity contribution >= 4 is 17.5 Å². The first-order chi connectivity index (χ1) is 8.75. The van der Waals surface area contributed by atoms with Crippen molar-refractivity contribution in [1.82, 2.24) is 4.90 Å². The van der Waals surface area contributed by atoms with Crippen LogP contribution in [0.15, 0.2) is 48.5 Å². The second kappa shape index (κ2) is 4.46. The average Bonchev–Trinajstić information content (AvgIpc) is 2.82. The van der Waals surface area contributed by atoms with Crippen molar-refractivity contribution in [2.75, 3.05) is 0 Å². The summed E-state index contributed by atoms with van der Waals surface area (Å²) in [5.41, 5.74) is 3.02. The van der Waals surface area contributed by atoms with Gasteiger partial charge in [-0.3, -0.25) is 4.79 Å². The van der Waals surface area contributed by atoms with Crippen molar-refractivity contribution in [3.63, 3.8) is 0 Å². The number of carbonyl (C=O) groups is 1. The monoisotopic (exact) mass is 257 g/mol. The van der Waals surface area contributed by atoms with Crippen LogP contribution in [-0.2, 0) is 13.1 Å². The summed E-state index contributed by atoms with van der Waals surface area (Å²) in [4.78, 5) is 14.2. The van der Waals surface area contributed by atoms with Gasteiger partial charge in [-0.2, -0.15) is 0 Å². The molecule has 0 spiro atoms. The van der Waals surface area contributed by atoms with Gasteiger partial charge in [-0.05, 0) is 23.3 Å². The molecule has 0 saturated carbocycles. The SMILES string of the molecule is O=C(c1ccccc1Cl)N1Cc2ccccc2C1. The zero-order valence-electron chi connectivity index (χ0n) is 9.77. The number of hydrogen-bond donors (Lipinski definition) is 0. The Morgan fingerprint density at radius 2 is 1.50 bits per heavy atom. The molecule has 0 radical (unpaired) electrons. The number of nitrogens with zero attached hydrogens (tertiary/aromatic N) is 1. The number of halogens is 1. The molecule has 1 aliphatic rings. The van der Waals surface area contributed by atoms with E-state index in [1.54, 1.807) is 12.1 Å². The van der Waals surface area contributed by atoms with E-state index in [0.717, 1.165) is 0 Å². The maximum Gasteiger partial charge on any atom is 0.255 e. The molecule has 0 fully saturated rings. The number of rotatable bonds is 1. The fraction of sp³-hybridized carbons (Fsp3) is 0.133. The summed E-state index contributed by atoms with van der Waals surface area (Å²) in [6.07, 6.45) is 0. The van der Waals surface area contributed by atoms with Crippen LogP contribution in [0.2, 0.25) is 5.02 Å². The van der Waals surface area contributed by atoms with Crippen LogP contribution >= 0.6 is 11.6 Å². The molecule has 2 nitrogen and oxygen atoms in total. The zero-order valence-corrected chi connectivity index (χ0v) is 10.5. The Hall–Kier alpha value is -1.80. The van der Waals surface area contributed by atoms with E-state index in [2.05, 4.69) is 12.1 Å². The maximum atomic E-state index is 12.4. The van der Waals surface area contributed by atoms with Crippen LogP contribution in [0.5, 0.6) is 0 Å². The van der Waals surface area contributed by atoms with Crippen LogP contribution in [0.1, 0.15) is 21.5 Å². The Bertz CT molecular complexity index is 584. The van der Waals surface area contributed by atoms with Crippen LogP contribution in [0, 0.1) is 0 Å². The van der Waals surface area contributed by atoms with Crippen molar-refractivity contribution in [2.24, 2.45) is 0 Å². The molecular formula is C15H12ClNO. The van der Waals surface area contributed by atoms with Crippen LogP contribution < -0.4 is 0 Å². The first-order valence-electron chi connectivity index (χ1n) is 5.86. The van der Waals surface area contributed by atoms with Crippen molar-refractivity contribution in [1.29, 1.82) is 0 Å². The maximum absolute atomic E-state index is 12.4. The zero-order chi connectivity index (χ0) is 12.5. The normalized spacial score (nSPS) is 13.5. The molecule has 2 aromatic carbocycles. The molecule has 1 heterocycles. The molecule has 3 heteroatoms. The van der Waals surface area contributed by atoms with Gasteiger partial charge in [-0.25, -0.2) is 0 Å². The highest BCUT2D eigenvalue weighted by molar-refractivity contribution is 6.33. The molecule has 18 heavy (non-hydrogen) atoms. The predicted molar refractivity (Wildman–Crippen MR) is 71.5 cm³/mol. The van der Waals surface area contributed by atoms with Gasteiger partial charge in [0.2, 0.25) is 0 Å². The Balaban J connectivity index is 1.87. The highest BCUT2D eigenvalue weighted by Gasteiger charge is 2.24. The molecule has 0 bridgehead atoms. The van der Waals surface area contributed by atoms with Gasteiger partial charge in [0, 0.05) is 13.1 Å². The quantitative estimate of drug-likeness (QED) is 0.766. The van der Waals surface area contributed by atoms with Crippen molar-refractivity contribution in [3.8, 4) is 0 Å². The number of benzene rings is 2. The summed E-state index contributed by atoms with van der Waals surface area (Å²) < 4.78 is 0. The molecule has 3 rings (SSSR count). The van der Waals surface area contributed by atoms with Gasteiger partial charge in [0.05, 0.1) is 10.6 Å². The highest BCUT2D eigenvalue weighted by Crippen LogP contribution is 2.25. The largest absolute Gasteiger partial charge is 0.330 e. The van der Waals surface area contributed by atoms with Crippen LogP contribution in [-0.4, -0.2) is 10.8 Å². The minimum absolute atomic E-state index is 0.00296. The average molecular weight is 258 g/mol. The number of amides is 1. The van der Waals surface area contributed by atoms with Gasteiger partial charge >= 0.3 is 0 Å². The highest BCUT2D eigenvalue weighted by atomic mass is 35.5. The lowest BCUT2D eigenvalue weighted by Gasteiger charge is -2.16. The predicted octanol–water partition coefficient (Wildman–Crippen LogP) is 3.50. The lowest BCUT2D eigenvalue weighted by Crippen LogP contribution is -2.25.